The summed E-state index contributed by atoms with van der Waals surface area (Å²) in [6.07, 6.45) is 1.25. The van der Waals surface area contributed by atoms with Crippen molar-refractivity contribution < 1.29 is 14.3 Å². The Kier molecular flexibility index (Phi) is 7.85. The molecule has 2 aromatic rings. The van der Waals surface area contributed by atoms with E-state index in [-0.39, 0.29) is 18.1 Å². The normalized spacial score (nSPS) is 17.7. The highest BCUT2D eigenvalue weighted by atomic mass is 16.7. The standard InChI is InChI=1S/C24H33N3O3/c1-25(2)24(28)20-10-12-21(13-11-20)26(3)23(19-8-6-5-7-9-19)17-27-15-14-22(16-27)30-18-29-4/h5-13,22-23H,14-18H2,1-4H3. The molecule has 1 heterocycles. The number of likely N-dealkylation sites (N-methyl/N-ethyl adjacent to an activating group) is 1. The van der Waals surface area contributed by atoms with Gasteiger partial charge in [-0.15, -0.1) is 0 Å². The van der Waals surface area contributed by atoms with E-state index in [4.69, 9.17) is 9.47 Å². The fourth-order valence-electron chi connectivity index (χ4n) is 3.91. The smallest absolute Gasteiger partial charge is 0.253 e. The van der Waals surface area contributed by atoms with Gasteiger partial charge in [0.1, 0.15) is 6.79 Å². The second kappa shape index (κ2) is 10.6. The minimum atomic E-state index is 0.0166. The van der Waals surface area contributed by atoms with Crippen LogP contribution in [0.25, 0.3) is 0 Å². The largest absolute Gasteiger partial charge is 0.366 e. The Hall–Kier alpha value is -2.41. The van der Waals surface area contributed by atoms with Crippen LogP contribution in [0.3, 0.4) is 0 Å². The lowest BCUT2D eigenvalue weighted by atomic mass is 10.0. The summed E-state index contributed by atoms with van der Waals surface area (Å²) in [5, 5.41) is 0. The summed E-state index contributed by atoms with van der Waals surface area (Å²) in [7, 11) is 7.32. The highest BCUT2D eigenvalue weighted by molar-refractivity contribution is 5.94. The highest BCUT2D eigenvalue weighted by Gasteiger charge is 2.28. The van der Waals surface area contributed by atoms with Gasteiger partial charge in [-0.3, -0.25) is 9.69 Å². The molecule has 0 spiro atoms. The van der Waals surface area contributed by atoms with Crippen molar-refractivity contribution in [2.75, 3.05) is 59.6 Å². The Balaban J connectivity index is 1.75. The van der Waals surface area contributed by atoms with Gasteiger partial charge in [-0.1, -0.05) is 30.3 Å². The van der Waals surface area contributed by atoms with Gasteiger partial charge in [-0.05, 0) is 36.2 Å². The lowest BCUT2D eigenvalue weighted by molar-refractivity contribution is -0.0671. The van der Waals surface area contributed by atoms with Crippen LogP contribution in [0, 0.1) is 0 Å². The van der Waals surface area contributed by atoms with Crippen LogP contribution in [0.4, 0.5) is 5.69 Å². The van der Waals surface area contributed by atoms with E-state index in [1.165, 1.54) is 5.56 Å². The number of amides is 1. The number of methoxy groups -OCH3 is 1. The quantitative estimate of drug-likeness (QED) is 0.593. The van der Waals surface area contributed by atoms with E-state index >= 15 is 0 Å². The molecular weight excluding hydrogens is 378 g/mol. The van der Waals surface area contributed by atoms with Crippen molar-refractivity contribution in [2.45, 2.75) is 18.6 Å². The van der Waals surface area contributed by atoms with E-state index in [0.717, 1.165) is 31.7 Å². The van der Waals surface area contributed by atoms with Crippen molar-refractivity contribution in [3.63, 3.8) is 0 Å². The number of hydrogen-bond acceptors (Lipinski definition) is 5. The predicted molar refractivity (Wildman–Crippen MR) is 120 cm³/mol. The Morgan fingerprint density at radius 2 is 1.80 bits per heavy atom. The molecular formula is C24H33N3O3. The lowest BCUT2D eigenvalue weighted by Gasteiger charge is -2.34. The molecule has 6 heteroatoms. The SMILES string of the molecule is COCOC1CCN(CC(c2ccccc2)N(C)c2ccc(C(=O)N(C)C)cc2)C1. The van der Waals surface area contributed by atoms with Gasteiger partial charge in [0.15, 0.2) is 0 Å². The number of ether oxygens (including phenoxy) is 2. The molecule has 6 nitrogen and oxygen atoms in total. The highest BCUT2D eigenvalue weighted by Crippen LogP contribution is 2.28. The number of anilines is 1. The fourth-order valence-corrected chi connectivity index (χ4v) is 3.91. The molecule has 0 bridgehead atoms. The first-order chi connectivity index (χ1) is 14.5. The molecule has 3 rings (SSSR count). The third kappa shape index (κ3) is 5.59. The molecule has 2 unspecified atom stereocenters. The molecule has 0 radical (unpaired) electrons. The number of benzene rings is 2. The van der Waals surface area contributed by atoms with Crippen molar-refractivity contribution >= 4 is 11.6 Å². The fraction of sp³-hybridized carbons (Fsp3) is 0.458. The maximum Gasteiger partial charge on any atom is 0.253 e. The second-order valence-electron chi connectivity index (χ2n) is 8.03. The third-order valence-corrected chi connectivity index (χ3v) is 5.66. The molecule has 2 aromatic carbocycles. The first kappa shape index (κ1) is 22.3. The van der Waals surface area contributed by atoms with Crippen LogP contribution in [0.5, 0.6) is 0 Å². The van der Waals surface area contributed by atoms with E-state index in [2.05, 4.69) is 41.1 Å². The second-order valence-corrected chi connectivity index (χ2v) is 8.03. The van der Waals surface area contributed by atoms with Crippen molar-refractivity contribution in [3.8, 4) is 0 Å². The Morgan fingerprint density at radius 1 is 1.10 bits per heavy atom. The van der Waals surface area contributed by atoms with Crippen molar-refractivity contribution in [2.24, 2.45) is 0 Å². The molecule has 162 valence electrons. The minimum absolute atomic E-state index is 0.0166. The number of carbonyl (C=O) groups is 1. The summed E-state index contributed by atoms with van der Waals surface area (Å²) in [6, 6.07) is 18.6. The number of likely N-dealkylation sites (tertiary alicyclic amines) is 1. The van der Waals surface area contributed by atoms with E-state index in [1.54, 1.807) is 26.1 Å². The molecule has 0 aromatic heterocycles. The van der Waals surface area contributed by atoms with Gasteiger partial charge < -0.3 is 19.3 Å². The molecule has 0 N–H and O–H groups in total. The molecule has 30 heavy (non-hydrogen) atoms. The van der Waals surface area contributed by atoms with Crippen LogP contribution < -0.4 is 4.90 Å². The number of hydrogen-bond donors (Lipinski definition) is 0. The van der Waals surface area contributed by atoms with Gasteiger partial charge in [-0.25, -0.2) is 0 Å². The first-order valence-electron chi connectivity index (χ1n) is 10.4. The predicted octanol–water partition coefficient (Wildman–Crippen LogP) is 3.26. The maximum atomic E-state index is 12.2. The van der Waals surface area contributed by atoms with E-state index in [1.807, 2.05) is 30.3 Å². The number of carbonyl (C=O) groups excluding carboxylic acids is 1. The summed E-state index contributed by atoms with van der Waals surface area (Å²) in [5.74, 6) is 0.0166. The van der Waals surface area contributed by atoms with Crippen molar-refractivity contribution in [3.05, 3.63) is 65.7 Å². The van der Waals surface area contributed by atoms with Crippen molar-refractivity contribution in [1.29, 1.82) is 0 Å². The van der Waals surface area contributed by atoms with Gasteiger partial charge in [0.2, 0.25) is 0 Å². The van der Waals surface area contributed by atoms with Crippen molar-refractivity contribution in [1.82, 2.24) is 9.80 Å². The summed E-state index contributed by atoms with van der Waals surface area (Å²) in [6.45, 7) is 3.18. The van der Waals surface area contributed by atoms with Crippen LogP contribution >= 0.6 is 0 Å². The van der Waals surface area contributed by atoms with Gasteiger partial charge in [0.05, 0.1) is 12.1 Å². The maximum absolute atomic E-state index is 12.2. The Labute approximate surface area is 180 Å². The Bertz CT molecular complexity index is 795. The van der Waals surface area contributed by atoms with Crippen LogP contribution in [0.15, 0.2) is 54.6 Å². The lowest BCUT2D eigenvalue weighted by Crippen LogP contribution is -2.36. The molecule has 0 aliphatic carbocycles. The van der Waals surface area contributed by atoms with Crippen LogP contribution in [0.2, 0.25) is 0 Å². The third-order valence-electron chi connectivity index (χ3n) is 5.66. The summed E-state index contributed by atoms with van der Waals surface area (Å²) >= 11 is 0. The summed E-state index contributed by atoms with van der Waals surface area (Å²) in [4.78, 5) is 18.6. The minimum Gasteiger partial charge on any atom is -0.366 e. The average molecular weight is 412 g/mol. The van der Waals surface area contributed by atoms with Gasteiger partial charge in [-0.2, -0.15) is 0 Å². The molecule has 0 saturated carbocycles. The zero-order valence-corrected chi connectivity index (χ0v) is 18.5. The topological polar surface area (TPSA) is 45.3 Å². The Morgan fingerprint density at radius 3 is 2.43 bits per heavy atom. The van der Waals surface area contributed by atoms with Crippen LogP contribution in [0.1, 0.15) is 28.4 Å². The molecule has 1 fully saturated rings. The molecule has 1 aliphatic heterocycles. The monoisotopic (exact) mass is 411 g/mol. The molecule has 2 atom stereocenters. The molecule has 1 amide bonds. The summed E-state index contributed by atoms with van der Waals surface area (Å²) in [5.41, 5.74) is 3.06. The van der Waals surface area contributed by atoms with E-state index in [9.17, 15) is 4.79 Å². The van der Waals surface area contributed by atoms with Gasteiger partial charge in [0, 0.05) is 59.1 Å². The summed E-state index contributed by atoms with van der Waals surface area (Å²) < 4.78 is 10.8. The number of rotatable bonds is 9. The van der Waals surface area contributed by atoms with Gasteiger partial charge in [0.25, 0.3) is 5.91 Å². The van der Waals surface area contributed by atoms with E-state index in [0.29, 0.717) is 12.4 Å². The molecule has 1 saturated heterocycles. The zero-order chi connectivity index (χ0) is 21.5. The number of nitrogens with zero attached hydrogens (tertiary/aromatic N) is 3. The first-order valence-corrected chi connectivity index (χ1v) is 10.4. The van der Waals surface area contributed by atoms with Gasteiger partial charge >= 0.3 is 0 Å². The van der Waals surface area contributed by atoms with Crippen LogP contribution in [-0.4, -0.2) is 76.5 Å². The zero-order valence-electron chi connectivity index (χ0n) is 18.5. The van der Waals surface area contributed by atoms with Crippen LogP contribution in [-0.2, 0) is 9.47 Å². The average Bonchev–Trinajstić information content (AvgIpc) is 3.23. The van der Waals surface area contributed by atoms with E-state index < -0.39 is 0 Å². The molecule has 1 aliphatic rings.